The summed E-state index contributed by atoms with van der Waals surface area (Å²) in [5, 5.41) is 16.2. The van der Waals surface area contributed by atoms with Gasteiger partial charge in [-0.05, 0) is 48.1 Å². The summed E-state index contributed by atoms with van der Waals surface area (Å²) >= 11 is 10.8. The molecule has 0 aromatic heterocycles. The summed E-state index contributed by atoms with van der Waals surface area (Å²) in [7, 11) is 1.57. The van der Waals surface area contributed by atoms with E-state index in [9.17, 15) is 14.9 Å². The van der Waals surface area contributed by atoms with Crippen LogP contribution < -0.4 is 15.4 Å². The predicted octanol–water partition coefficient (Wildman–Crippen LogP) is 3.78. The Hall–Kier alpha value is -2.97. The second-order valence-corrected chi connectivity index (χ2v) is 5.81. The first kappa shape index (κ1) is 19.4. The van der Waals surface area contributed by atoms with Crippen molar-refractivity contribution in [1.29, 1.82) is 0 Å². The lowest BCUT2D eigenvalue weighted by atomic mass is 10.2. The van der Waals surface area contributed by atoms with E-state index in [1.807, 2.05) is 0 Å². The maximum Gasteiger partial charge on any atom is 0.294 e. The number of halogens is 1. The van der Waals surface area contributed by atoms with Gasteiger partial charge in [0.15, 0.2) is 5.11 Å². The van der Waals surface area contributed by atoms with Crippen LogP contribution in [0.4, 0.5) is 11.4 Å². The summed E-state index contributed by atoms with van der Waals surface area (Å²) in [4.78, 5) is 22.4. The Morgan fingerprint density at radius 3 is 2.58 bits per heavy atom. The van der Waals surface area contributed by atoms with Gasteiger partial charge in [0.05, 0.1) is 12.0 Å². The van der Waals surface area contributed by atoms with Crippen LogP contribution in [0.2, 0.25) is 5.02 Å². The predicted molar refractivity (Wildman–Crippen MR) is 104 cm³/mol. The van der Waals surface area contributed by atoms with Crippen molar-refractivity contribution < 1.29 is 14.5 Å². The van der Waals surface area contributed by atoms with Crippen LogP contribution in [0.1, 0.15) is 5.56 Å². The first-order valence-corrected chi connectivity index (χ1v) is 8.05. The van der Waals surface area contributed by atoms with E-state index in [0.717, 1.165) is 5.56 Å². The van der Waals surface area contributed by atoms with Gasteiger partial charge >= 0.3 is 0 Å². The lowest BCUT2D eigenvalue weighted by molar-refractivity contribution is -0.383. The number of nitrogens with zero attached hydrogens (tertiary/aromatic N) is 1. The van der Waals surface area contributed by atoms with Crippen LogP contribution in [0.3, 0.4) is 0 Å². The molecule has 0 unspecified atom stereocenters. The van der Waals surface area contributed by atoms with E-state index in [-0.39, 0.29) is 21.5 Å². The number of ether oxygens (including phenoxy) is 1. The fourth-order valence-corrected chi connectivity index (χ4v) is 2.33. The molecule has 2 aromatic rings. The molecule has 2 rings (SSSR count). The Morgan fingerprint density at radius 1 is 1.27 bits per heavy atom. The average molecular weight is 392 g/mol. The molecule has 1 amide bonds. The van der Waals surface area contributed by atoms with Crippen LogP contribution in [0.25, 0.3) is 6.08 Å². The molecule has 7 nitrogen and oxygen atoms in total. The molecule has 0 atom stereocenters. The fraction of sp³-hybridized carbons (Fsp3) is 0.0588. The van der Waals surface area contributed by atoms with E-state index >= 15 is 0 Å². The van der Waals surface area contributed by atoms with Crippen LogP contribution in [0.15, 0.2) is 48.5 Å². The number of nitro groups is 1. The summed E-state index contributed by atoms with van der Waals surface area (Å²) in [5.74, 6) is 0.233. The van der Waals surface area contributed by atoms with Gasteiger partial charge in [0, 0.05) is 17.2 Å². The third-order valence-corrected chi connectivity index (χ3v) is 3.62. The number of nitro benzene ring substituents is 1. The zero-order valence-corrected chi connectivity index (χ0v) is 15.1. The molecule has 0 heterocycles. The van der Waals surface area contributed by atoms with Crippen molar-refractivity contribution in [3.05, 3.63) is 69.2 Å². The Labute approximate surface area is 159 Å². The Kier molecular flexibility index (Phi) is 6.65. The van der Waals surface area contributed by atoms with Crippen molar-refractivity contribution in [3.63, 3.8) is 0 Å². The molecule has 9 heteroatoms. The lowest BCUT2D eigenvalue weighted by Crippen LogP contribution is -2.33. The monoisotopic (exact) mass is 391 g/mol. The number of nitrogens with one attached hydrogen (secondary N) is 2. The van der Waals surface area contributed by atoms with E-state index in [1.54, 1.807) is 37.5 Å². The molecule has 26 heavy (non-hydrogen) atoms. The van der Waals surface area contributed by atoms with Gasteiger partial charge in [0.2, 0.25) is 5.91 Å². The number of rotatable bonds is 5. The Bertz CT molecular complexity index is 869. The minimum Gasteiger partial charge on any atom is -0.497 e. The number of hydrogen-bond donors (Lipinski definition) is 2. The number of amides is 1. The molecular formula is C17H14ClN3O4S. The minimum absolute atomic E-state index is 0.0696. The van der Waals surface area contributed by atoms with E-state index in [2.05, 4.69) is 10.6 Å². The van der Waals surface area contributed by atoms with E-state index in [4.69, 9.17) is 28.6 Å². The Balaban J connectivity index is 1.98. The van der Waals surface area contributed by atoms with E-state index in [1.165, 1.54) is 24.3 Å². The third-order valence-electron chi connectivity index (χ3n) is 3.18. The molecule has 0 aliphatic heterocycles. The number of hydrogen-bond acceptors (Lipinski definition) is 5. The van der Waals surface area contributed by atoms with Gasteiger partial charge in [-0.3, -0.25) is 20.2 Å². The summed E-state index contributed by atoms with van der Waals surface area (Å²) in [5.41, 5.74) is 0.680. The fourth-order valence-electron chi connectivity index (χ4n) is 1.96. The first-order valence-electron chi connectivity index (χ1n) is 7.27. The smallest absolute Gasteiger partial charge is 0.294 e. The second kappa shape index (κ2) is 8.93. The zero-order valence-electron chi connectivity index (χ0n) is 13.6. The van der Waals surface area contributed by atoms with Gasteiger partial charge in [0.25, 0.3) is 5.69 Å². The number of carbonyl (C=O) groups is 1. The van der Waals surface area contributed by atoms with Gasteiger partial charge in [0.1, 0.15) is 11.4 Å². The van der Waals surface area contributed by atoms with Crippen LogP contribution in [0, 0.1) is 10.1 Å². The average Bonchev–Trinajstić information content (AvgIpc) is 2.61. The zero-order chi connectivity index (χ0) is 19.1. The maximum atomic E-state index is 11.9. The van der Waals surface area contributed by atoms with Crippen molar-refractivity contribution in [2.75, 3.05) is 12.4 Å². The quantitative estimate of drug-likeness (QED) is 0.348. The molecule has 2 N–H and O–H groups in total. The summed E-state index contributed by atoms with van der Waals surface area (Å²) in [6, 6.07) is 11.2. The summed E-state index contributed by atoms with van der Waals surface area (Å²) < 4.78 is 5.05. The van der Waals surface area contributed by atoms with Crippen molar-refractivity contribution in [2.45, 2.75) is 0 Å². The largest absolute Gasteiger partial charge is 0.497 e. The van der Waals surface area contributed by atoms with Gasteiger partial charge in [-0.1, -0.05) is 23.7 Å². The molecule has 0 saturated carbocycles. The highest BCUT2D eigenvalue weighted by molar-refractivity contribution is 7.80. The molecule has 0 bridgehead atoms. The maximum absolute atomic E-state index is 11.9. The van der Waals surface area contributed by atoms with E-state index in [0.29, 0.717) is 5.75 Å². The SMILES string of the molecule is COc1ccc(C=CC(=O)NC(=S)Nc2ccc(Cl)cc2[N+](=O)[O-])cc1. The lowest BCUT2D eigenvalue weighted by Gasteiger charge is -2.08. The number of anilines is 1. The highest BCUT2D eigenvalue weighted by atomic mass is 35.5. The first-order chi connectivity index (χ1) is 12.4. The van der Waals surface area contributed by atoms with Crippen LogP contribution in [0.5, 0.6) is 5.75 Å². The molecule has 0 spiro atoms. The number of carbonyl (C=O) groups excluding carboxylic acids is 1. The number of methoxy groups -OCH3 is 1. The normalized spacial score (nSPS) is 10.4. The summed E-state index contributed by atoms with van der Waals surface area (Å²) in [6.07, 6.45) is 2.90. The van der Waals surface area contributed by atoms with Crippen molar-refractivity contribution in [1.82, 2.24) is 5.32 Å². The van der Waals surface area contributed by atoms with Crippen molar-refractivity contribution >= 4 is 52.3 Å². The van der Waals surface area contributed by atoms with Gasteiger partial charge in [-0.15, -0.1) is 0 Å². The highest BCUT2D eigenvalue weighted by Gasteiger charge is 2.15. The van der Waals surface area contributed by atoms with Crippen LogP contribution >= 0.6 is 23.8 Å². The molecule has 0 aliphatic rings. The molecule has 134 valence electrons. The topological polar surface area (TPSA) is 93.5 Å². The molecule has 0 saturated heterocycles. The molecular weight excluding hydrogens is 378 g/mol. The molecule has 0 radical (unpaired) electrons. The summed E-state index contributed by atoms with van der Waals surface area (Å²) in [6.45, 7) is 0. The standard InChI is InChI=1S/C17H14ClN3O4S/c1-25-13-6-2-11(3-7-13)4-9-16(22)20-17(26)19-14-8-5-12(18)10-15(14)21(23)24/h2-10H,1H3,(H2,19,20,22,26). The number of benzene rings is 2. The van der Waals surface area contributed by atoms with Crippen LogP contribution in [-0.2, 0) is 4.79 Å². The van der Waals surface area contributed by atoms with Crippen LogP contribution in [-0.4, -0.2) is 23.1 Å². The van der Waals surface area contributed by atoms with Gasteiger partial charge < -0.3 is 10.1 Å². The molecule has 0 aliphatic carbocycles. The number of thiocarbonyl (C=S) groups is 1. The van der Waals surface area contributed by atoms with E-state index < -0.39 is 10.8 Å². The minimum atomic E-state index is -0.595. The second-order valence-electron chi connectivity index (χ2n) is 4.97. The van der Waals surface area contributed by atoms with Crippen molar-refractivity contribution in [2.24, 2.45) is 0 Å². The third kappa shape index (κ3) is 5.54. The van der Waals surface area contributed by atoms with Gasteiger partial charge in [-0.25, -0.2) is 0 Å². The van der Waals surface area contributed by atoms with Crippen molar-refractivity contribution in [3.8, 4) is 5.75 Å². The highest BCUT2D eigenvalue weighted by Crippen LogP contribution is 2.27. The Morgan fingerprint density at radius 2 is 1.96 bits per heavy atom. The van der Waals surface area contributed by atoms with Gasteiger partial charge in [-0.2, -0.15) is 0 Å². The molecule has 2 aromatic carbocycles. The molecule has 0 fully saturated rings.